The van der Waals surface area contributed by atoms with Crippen LogP contribution in [-0.4, -0.2) is 54.4 Å². The van der Waals surface area contributed by atoms with Crippen molar-refractivity contribution in [1.29, 1.82) is 0 Å². The van der Waals surface area contributed by atoms with Crippen LogP contribution in [0, 0.1) is 5.92 Å². The Morgan fingerprint density at radius 2 is 1.78 bits per heavy atom. The topological polar surface area (TPSA) is 66.8 Å². The molecular formula is C10H16F3NO4. The van der Waals surface area contributed by atoms with Crippen molar-refractivity contribution in [2.75, 3.05) is 20.2 Å². The van der Waals surface area contributed by atoms with Gasteiger partial charge in [-0.1, -0.05) is 6.92 Å². The maximum absolute atomic E-state index is 12.3. The predicted molar refractivity (Wildman–Crippen MR) is 55.5 cm³/mol. The fraction of sp³-hybridized carbons (Fsp3) is 0.800. The Labute approximate surface area is 103 Å². The second kappa shape index (κ2) is 6.58. The van der Waals surface area contributed by atoms with E-state index >= 15 is 0 Å². The molecule has 0 aliphatic carbocycles. The van der Waals surface area contributed by atoms with Gasteiger partial charge in [-0.05, 0) is 6.92 Å². The number of hydrogen-bond acceptors (Lipinski definition) is 4. The Balaban J connectivity index is 4.80. The van der Waals surface area contributed by atoms with Gasteiger partial charge in [0.05, 0.1) is 19.1 Å². The number of esters is 1. The average molecular weight is 271 g/mol. The quantitative estimate of drug-likeness (QED) is 0.742. The molecule has 2 atom stereocenters. The van der Waals surface area contributed by atoms with Crippen LogP contribution in [-0.2, 0) is 14.3 Å². The van der Waals surface area contributed by atoms with E-state index in [0.717, 1.165) is 7.11 Å². The summed E-state index contributed by atoms with van der Waals surface area (Å²) in [5.41, 5.74) is 0. The fourth-order valence-corrected chi connectivity index (χ4v) is 1.34. The summed E-state index contributed by atoms with van der Waals surface area (Å²) >= 11 is 0. The van der Waals surface area contributed by atoms with Crippen LogP contribution < -0.4 is 0 Å². The highest BCUT2D eigenvalue weighted by Gasteiger charge is 2.43. The van der Waals surface area contributed by atoms with E-state index in [1.165, 1.54) is 13.8 Å². The van der Waals surface area contributed by atoms with Gasteiger partial charge in [-0.3, -0.25) is 9.59 Å². The summed E-state index contributed by atoms with van der Waals surface area (Å²) in [6.07, 6.45) is -6.16. The highest BCUT2D eigenvalue weighted by atomic mass is 19.4. The molecule has 0 bridgehead atoms. The molecule has 0 radical (unpaired) electrons. The lowest BCUT2D eigenvalue weighted by Crippen LogP contribution is -2.47. The van der Waals surface area contributed by atoms with Crippen LogP contribution in [0.3, 0.4) is 0 Å². The van der Waals surface area contributed by atoms with Gasteiger partial charge in [0.1, 0.15) is 0 Å². The number of nitrogens with zero attached hydrogens (tertiary/aromatic N) is 1. The molecule has 0 rings (SSSR count). The number of aliphatic hydroxyl groups is 1. The van der Waals surface area contributed by atoms with Gasteiger partial charge in [-0.15, -0.1) is 0 Å². The lowest BCUT2D eigenvalue weighted by Gasteiger charge is -2.26. The van der Waals surface area contributed by atoms with Crippen LogP contribution in [0.5, 0.6) is 0 Å². The first-order valence-electron chi connectivity index (χ1n) is 5.21. The van der Waals surface area contributed by atoms with Crippen molar-refractivity contribution < 1.29 is 32.6 Å². The minimum Gasteiger partial charge on any atom is -0.469 e. The minimum atomic E-state index is -5.04. The van der Waals surface area contributed by atoms with Crippen LogP contribution >= 0.6 is 0 Å². The van der Waals surface area contributed by atoms with Crippen LogP contribution in [0.25, 0.3) is 0 Å². The molecule has 1 amide bonds. The Morgan fingerprint density at radius 3 is 2.11 bits per heavy atom. The molecule has 5 nitrogen and oxygen atoms in total. The fourth-order valence-electron chi connectivity index (χ4n) is 1.34. The maximum Gasteiger partial charge on any atom is 0.471 e. The molecule has 0 saturated heterocycles. The Morgan fingerprint density at radius 1 is 1.28 bits per heavy atom. The van der Waals surface area contributed by atoms with Gasteiger partial charge in [-0.2, -0.15) is 13.2 Å². The number of carbonyl (C=O) groups excluding carboxylic acids is 2. The molecule has 2 unspecified atom stereocenters. The second-order valence-corrected chi connectivity index (χ2v) is 3.98. The molecule has 0 aromatic carbocycles. The monoisotopic (exact) mass is 271 g/mol. The Hall–Kier alpha value is -1.31. The van der Waals surface area contributed by atoms with E-state index < -0.39 is 43.2 Å². The van der Waals surface area contributed by atoms with Crippen LogP contribution in [0.4, 0.5) is 13.2 Å². The number of methoxy groups -OCH3 is 1. The molecule has 0 aromatic rings. The smallest absolute Gasteiger partial charge is 0.469 e. The molecule has 0 heterocycles. The zero-order chi connectivity index (χ0) is 14.5. The van der Waals surface area contributed by atoms with Crippen molar-refractivity contribution in [2.45, 2.75) is 26.1 Å². The average Bonchev–Trinajstić information content (AvgIpc) is 2.23. The molecule has 0 aliphatic heterocycles. The summed E-state index contributed by atoms with van der Waals surface area (Å²) in [7, 11) is 1.10. The van der Waals surface area contributed by atoms with Crippen LogP contribution in [0.2, 0.25) is 0 Å². The zero-order valence-corrected chi connectivity index (χ0v) is 10.3. The molecule has 8 heteroatoms. The lowest BCUT2D eigenvalue weighted by molar-refractivity contribution is -0.187. The lowest BCUT2D eigenvalue weighted by atomic mass is 10.1. The van der Waals surface area contributed by atoms with E-state index in [9.17, 15) is 22.8 Å². The van der Waals surface area contributed by atoms with E-state index in [-0.39, 0.29) is 0 Å². The molecule has 0 spiro atoms. The Kier molecular flexibility index (Phi) is 6.10. The van der Waals surface area contributed by atoms with E-state index in [2.05, 4.69) is 4.74 Å². The van der Waals surface area contributed by atoms with Gasteiger partial charge in [0.2, 0.25) is 0 Å². The summed E-state index contributed by atoms with van der Waals surface area (Å²) in [6, 6.07) is 0. The first-order valence-corrected chi connectivity index (χ1v) is 5.21. The number of amides is 1. The summed E-state index contributed by atoms with van der Waals surface area (Å²) in [6.45, 7) is 1.62. The number of alkyl halides is 3. The number of ether oxygens (including phenoxy) is 1. The summed E-state index contributed by atoms with van der Waals surface area (Å²) in [5, 5.41) is 9.07. The standard InChI is InChI=1S/C10H16F3NO4/c1-6(8(16)18-3)4-14(5-7(2)15)9(17)10(11,12)13/h6-7,15H,4-5H2,1-3H3. The number of carbonyl (C=O) groups is 2. The molecule has 18 heavy (non-hydrogen) atoms. The summed E-state index contributed by atoms with van der Waals surface area (Å²) in [4.78, 5) is 22.6. The summed E-state index contributed by atoms with van der Waals surface area (Å²) in [5.74, 6) is -3.71. The van der Waals surface area contributed by atoms with Crippen molar-refractivity contribution in [3.63, 3.8) is 0 Å². The van der Waals surface area contributed by atoms with Crippen LogP contribution in [0.15, 0.2) is 0 Å². The molecular weight excluding hydrogens is 255 g/mol. The molecule has 0 aromatic heterocycles. The van der Waals surface area contributed by atoms with E-state index in [1.807, 2.05) is 0 Å². The van der Waals surface area contributed by atoms with E-state index in [0.29, 0.717) is 4.90 Å². The number of halogens is 3. The molecule has 1 N–H and O–H groups in total. The first-order chi connectivity index (χ1) is 8.09. The second-order valence-electron chi connectivity index (χ2n) is 3.98. The van der Waals surface area contributed by atoms with Crippen molar-refractivity contribution in [3.8, 4) is 0 Å². The van der Waals surface area contributed by atoms with Crippen molar-refractivity contribution in [1.82, 2.24) is 4.90 Å². The number of hydrogen-bond donors (Lipinski definition) is 1. The number of aliphatic hydroxyl groups excluding tert-OH is 1. The third kappa shape index (κ3) is 5.35. The van der Waals surface area contributed by atoms with Gasteiger partial charge < -0.3 is 14.7 Å². The van der Waals surface area contributed by atoms with Gasteiger partial charge in [0.25, 0.3) is 0 Å². The van der Waals surface area contributed by atoms with Gasteiger partial charge in [-0.25, -0.2) is 0 Å². The molecule has 0 saturated carbocycles. The number of rotatable bonds is 5. The minimum absolute atomic E-state index is 0.395. The third-order valence-electron chi connectivity index (χ3n) is 2.11. The molecule has 0 aliphatic rings. The highest BCUT2D eigenvalue weighted by Crippen LogP contribution is 2.19. The van der Waals surface area contributed by atoms with E-state index in [1.54, 1.807) is 0 Å². The molecule has 0 fully saturated rings. The van der Waals surface area contributed by atoms with Gasteiger partial charge in [0, 0.05) is 13.1 Å². The SMILES string of the molecule is COC(=O)C(C)CN(CC(C)O)C(=O)C(F)(F)F. The zero-order valence-electron chi connectivity index (χ0n) is 10.3. The van der Waals surface area contributed by atoms with Crippen molar-refractivity contribution in [3.05, 3.63) is 0 Å². The van der Waals surface area contributed by atoms with Gasteiger partial charge >= 0.3 is 18.1 Å². The third-order valence-corrected chi connectivity index (χ3v) is 2.11. The van der Waals surface area contributed by atoms with Crippen molar-refractivity contribution >= 4 is 11.9 Å². The Bertz CT molecular complexity index is 304. The summed E-state index contributed by atoms with van der Waals surface area (Å²) < 4.78 is 41.2. The maximum atomic E-state index is 12.3. The highest BCUT2D eigenvalue weighted by molar-refractivity contribution is 5.82. The normalized spacial score (nSPS) is 14.8. The van der Waals surface area contributed by atoms with E-state index in [4.69, 9.17) is 5.11 Å². The predicted octanol–water partition coefficient (Wildman–Crippen LogP) is 0.567. The van der Waals surface area contributed by atoms with Gasteiger partial charge in [0.15, 0.2) is 0 Å². The van der Waals surface area contributed by atoms with Crippen LogP contribution in [0.1, 0.15) is 13.8 Å². The van der Waals surface area contributed by atoms with Crippen molar-refractivity contribution in [2.24, 2.45) is 5.92 Å². The largest absolute Gasteiger partial charge is 0.471 e. The first kappa shape index (κ1) is 16.7. The molecule has 106 valence electrons.